The van der Waals surface area contributed by atoms with E-state index in [-0.39, 0.29) is 5.54 Å². The summed E-state index contributed by atoms with van der Waals surface area (Å²) < 4.78 is 5.40. The van der Waals surface area contributed by atoms with Gasteiger partial charge in [0, 0.05) is 31.8 Å². The molecule has 1 aliphatic rings. The molecule has 108 valence electrons. The number of ether oxygens (including phenoxy) is 1. The van der Waals surface area contributed by atoms with E-state index in [1.807, 2.05) is 0 Å². The van der Waals surface area contributed by atoms with Crippen molar-refractivity contribution in [1.29, 1.82) is 0 Å². The minimum atomic E-state index is 0.184. The molecule has 0 aromatic rings. The third kappa shape index (κ3) is 5.25. The molecule has 0 aromatic heterocycles. The van der Waals surface area contributed by atoms with Crippen LogP contribution in [0.25, 0.3) is 0 Å². The molecule has 0 amide bonds. The molecule has 1 fully saturated rings. The lowest BCUT2D eigenvalue weighted by Crippen LogP contribution is -2.49. The number of hydrogen-bond donors (Lipinski definition) is 1. The average Bonchev–Trinajstić information content (AvgIpc) is 2.72. The van der Waals surface area contributed by atoms with Gasteiger partial charge in [0.25, 0.3) is 0 Å². The van der Waals surface area contributed by atoms with E-state index in [9.17, 15) is 0 Å². The lowest BCUT2D eigenvalue weighted by atomic mass is 9.95. The zero-order chi connectivity index (χ0) is 13.8. The molecule has 2 atom stereocenters. The molecule has 1 aliphatic heterocycles. The molecule has 0 aromatic carbocycles. The largest absolute Gasteiger partial charge is 0.383 e. The van der Waals surface area contributed by atoms with E-state index >= 15 is 0 Å². The van der Waals surface area contributed by atoms with Gasteiger partial charge >= 0.3 is 0 Å². The second-order valence-electron chi connectivity index (χ2n) is 7.03. The topological polar surface area (TPSA) is 24.5 Å². The van der Waals surface area contributed by atoms with E-state index < -0.39 is 0 Å². The van der Waals surface area contributed by atoms with Crippen LogP contribution < -0.4 is 5.32 Å². The SMILES string of the molecule is COCC(CNC(C)(C)C)N1CCC(C(C)C)C1. The van der Waals surface area contributed by atoms with Crippen LogP contribution in [-0.4, -0.2) is 49.8 Å². The van der Waals surface area contributed by atoms with Crippen LogP contribution in [0.3, 0.4) is 0 Å². The Hall–Kier alpha value is -0.120. The molecule has 3 nitrogen and oxygen atoms in total. The maximum atomic E-state index is 5.40. The molecule has 1 N–H and O–H groups in total. The number of nitrogens with zero attached hydrogens (tertiary/aromatic N) is 1. The highest BCUT2D eigenvalue weighted by Gasteiger charge is 2.30. The van der Waals surface area contributed by atoms with Crippen LogP contribution >= 0.6 is 0 Å². The summed E-state index contributed by atoms with van der Waals surface area (Å²) in [4.78, 5) is 2.60. The van der Waals surface area contributed by atoms with Crippen LogP contribution in [0, 0.1) is 11.8 Å². The first kappa shape index (κ1) is 15.9. The van der Waals surface area contributed by atoms with Crippen LogP contribution in [0.1, 0.15) is 41.0 Å². The number of nitrogens with one attached hydrogen (secondary N) is 1. The number of likely N-dealkylation sites (tertiary alicyclic amines) is 1. The molecule has 1 rings (SSSR count). The van der Waals surface area contributed by atoms with Crippen LogP contribution in [-0.2, 0) is 4.74 Å². The molecular weight excluding hydrogens is 224 g/mol. The predicted octanol–water partition coefficient (Wildman–Crippen LogP) is 2.37. The summed E-state index contributed by atoms with van der Waals surface area (Å²) in [5.74, 6) is 1.66. The molecule has 0 aliphatic carbocycles. The monoisotopic (exact) mass is 256 g/mol. The smallest absolute Gasteiger partial charge is 0.0630 e. The minimum Gasteiger partial charge on any atom is -0.383 e. The summed E-state index contributed by atoms with van der Waals surface area (Å²) in [7, 11) is 1.81. The highest BCUT2D eigenvalue weighted by Crippen LogP contribution is 2.25. The second-order valence-corrected chi connectivity index (χ2v) is 7.03. The maximum Gasteiger partial charge on any atom is 0.0630 e. The van der Waals surface area contributed by atoms with E-state index in [1.165, 1.54) is 19.5 Å². The number of hydrogen-bond acceptors (Lipinski definition) is 3. The van der Waals surface area contributed by atoms with Crippen molar-refractivity contribution >= 4 is 0 Å². The van der Waals surface area contributed by atoms with Gasteiger partial charge in [-0.3, -0.25) is 4.90 Å². The fourth-order valence-electron chi connectivity index (χ4n) is 2.60. The van der Waals surface area contributed by atoms with Crippen LogP contribution in [0.2, 0.25) is 0 Å². The Labute approximate surface area is 113 Å². The summed E-state index contributed by atoms with van der Waals surface area (Å²) >= 11 is 0. The molecule has 1 saturated heterocycles. The van der Waals surface area contributed by atoms with Crippen molar-refractivity contribution in [3.8, 4) is 0 Å². The third-order valence-electron chi connectivity index (χ3n) is 3.94. The van der Waals surface area contributed by atoms with E-state index in [2.05, 4.69) is 44.8 Å². The highest BCUT2D eigenvalue weighted by atomic mass is 16.5. The van der Waals surface area contributed by atoms with E-state index in [0.717, 1.165) is 25.0 Å². The van der Waals surface area contributed by atoms with Crippen LogP contribution in [0.15, 0.2) is 0 Å². The lowest BCUT2D eigenvalue weighted by Gasteiger charge is -2.31. The molecule has 3 heteroatoms. The number of methoxy groups -OCH3 is 1. The Morgan fingerprint density at radius 3 is 2.44 bits per heavy atom. The van der Waals surface area contributed by atoms with Gasteiger partial charge in [-0.1, -0.05) is 13.8 Å². The van der Waals surface area contributed by atoms with Gasteiger partial charge in [0.1, 0.15) is 0 Å². The third-order valence-corrected chi connectivity index (χ3v) is 3.94. The fraction of sp³-hybridized carbons (Fsp3) is 1.00. The van der Waals surface area contributed by atoms with E-state index in [4.69, 9.17) is 4.74 Å². The molecule has 0 saturated carbocycles. The predicted molar refractivity (Wildman–Crippen MR) is 77.9 cm³/mol. The van der Waals surface area contributed by atoms with Gasteiger partial charge in [-0.15, -0.1) is 0 Å². The highest BCUT2D eigenvalue weighted by molar-refractivity contribution is 4.85. The van der Waals surface area contributed by atoms with E-state index in [0.29, 0.717) is 6.04 Å². The van der Waals surface area contributed by atoms with Crippen molar-refractivity contribution in [3.63, 3.8) is 0 Å². The van der Waals surface area contributed by atoms with Gasteiger partial charge in [0.2, 0.25) is 0 Å². The first-order chi connectivity index (χ1) is 8.33. The second kappa shape index (κ2) is 6.88. The first-order valence-electron chi connectivity index (χ1n) is 7.31. The Kier molecular flexibility index (Phi) is 6.09. The molecule has 0 radical (unpaired) electrons. The zero-order valence-corrected chi connectivity index (χ0v) is 13.1. The van der Waals surface area contributed by atoms with Crippen molar-refractivity contribution in [1.82, 2.24) is 10.2 Å². The van der Waals surface area contributed by atoms with Crippen molar-refractivity contribution in [2.24, 2.45) is 11.8 Å². The molecule has 2 unspecified atom stereocenters. The summed E-state index contributed by atoms with van der Waals surface area (Å²) in [6, 6.07) is 0.512. The molecule has 0 bridgehead atoms. The van der Waals surface area contributed by atoms with Crippen molar-refractivity contribution in [2.45, 2.75) is 52.6 Å². The summed E-state index contributed by atoms with van der Waals surface area (Å²) in [6.07, 6.45) is 1.34. The van der Waals surface area contributed by atoms with Gasteiger partial charge in [0.05, 0.1) is 6.61 Å². The Bertz CT molecular complexity index is 235. The minimum absolute atomic E-state index is 0.184. The first-order valence-corrected chi connectivity index (χ1v) is 7.31. The number of rotatable bonds is 6. The van der Waals surface area contributed by atoms with Crippen molar-refractivity contribution in [3.05, 3.63) is 0 Å². The summed E-state index contributed by atoms with van der Waals surface area (Å²) in [5, 5.41) is 3.61. The van der Waals surface area contributed by atoms with Crippen LogP contribution in [0.5, 0.6) is 0 Å². The molecule has 0 spiro atoms. The molecule has 18 heavy (non-hydrogen) atoms. The lowest BCUT2D eigenvalue weighted by molar-refractivity contribution is 0.0963. The maximum absolute atomic E-state index is 5.40. The Morgan fingerprint density at radius 1 is 1.33 bits per heavy atom. The van der Waals surface area contributed by atoms with E-state index in [1.54, 1.807) is 7.11 Å². The standard InChI is InChI=1S/C15H32N2O/c1-12(2)13-7-8-17(10-13)14(11-18-6)9-16-15(3,4)5/h12-14,16H,7-11H2,1-6H3. The van der Waals surface area contributed by atoms with Crippen molar-refractivity contribution < 1.29 is 4.74 Å². The fourth-order valence-corrected chi connectivity index (χ4v) is 2.60. The Morgan fingerprint density at radius 2 is 2.00 bits per heavy atom. The normalized spacial score (nSPS) is 23.8. The quantitative estimate of drug-likeness (QED) is 0.789. The molecular formula is C15H32N2O. The summed E-state index contributed by atoms with van der Waals surface area (Å²) in [6.45, 7) is 15.6. The van der Waals surface area contributed by atoms with Gasteiger partial charge in [-0.2, -0.15) is 0 Å². The molecule has 1 heterocycles. The van der Waals surface area contributed by atoms with Gasteiger partial charge in [-0.05, 0) is 45.6 Å². The Balaban J connectivity index is 2.47. The van der Waals surface area contributed by atoms with Gasteiger partial charge in [-0.25, -0.2) is 0 Å². The van der Waals surface area contributed by atoms with Crippen molar-refractivity contribution in [2.75, 3.05) is 33.4 Å². The van der Waals surface area contributed by atoms with Gasteiger partial charge < -0.3 is 10.1 Å². The van der Waals surface area contributed by atoms with Crippen LogP contribution in [0.4, 0.5) is 0 Å². The average molecular weight is 256 g/mol. The summed E-state index contributed by atoms with van der Waals surface area (Å²) in [5.41, 5.74) is 0.184. The van der Waals surface area contributed by atoms with Gasteiger partial charge in [0.15, 0.2) is 0 Å². The zero-order valence-electron chi connectivity index (χ0n) is 13.1.